The fourth-order valence-electron chi connectivity index (χ4n) is 5.70. The third-order valence-electron chi connectivity index (χ3n) is 8.03. The number of rotatable bonds is 8. The number of anilines is 3. The van der Waals surface area contributed by atoms with Gasteiger partial charge in [-0.25, -0.2) is 9.97 Å². The molecule has 2 aliphatic heterocycles. The second kappa shape index (κ2) is 10.1. The number of pyridine rings is 2. The van der Waals surface area contributed by atoms with Crippen molar-refractivity contribution in [3.8, 4) is 6.07 Å². The average molecular weight is 499 g/mol. The molecule has 6 rings (SSSR count). The summed E-state index contributed by atoms with van der Waals surface area (Å²) in [5.41, 5.74) is 3.38. The molecule has 2 atom stereocenters. The SMILES string of the molecule is C=Cc1ccnc(Nc2cc(C#N)c(N3CCN(C(=O)C[C@H]4CCCO4)[C@H](C4CC4)C3)nc2C2CC2)c1. The topological polar surface area (TPSA) is 94.4 Å². The third-order valence-corrected chi connectivity index (χ3v) is 8.03. The molecule has 0 spiro atoms. The summed E-state index contributed by atoms with van der Waals surface area (Å²) in [5.74, 6) is 2.60. The third kappa shape index (κ3) is 5.19. The van der Waals surface area contributed by atoms with Crippen molar-refractivity contribution in [2.24, 2.45) is 5.92 Å². The van der Waals surface area contributed by atoms with Crippen LogP contribution in [-0.2, 0) is 9.53 Å². The highest BCUT2D eigenvalue weighted by atomic mass is 16.5. The highest BCUT2D eigenvalue weighted by Gasteiger charge is 2.42. The molecule has 8 nitrogen and oxygen atoms in total. The lowest BCUT2D eigenvalue weighted by atomic mass is 10.0. The number of piperazine rings is 1. The first kappa shape index (κ1) is 23.9. The van der Waals surface area contributed by atoms with E-state index >= 15 is 0 Å². The molecular formula is C29H34N6O2. The Morgan fingerprint density at radius 1 is 1.24 bits per heavy atom. The Kier molecular flexibility index (Phi) is 6.56. The van der Waals surface area contributed by atoms with Gasteiger partial charge in [0.2, 0.25) is 5.91 Å². The lowest BCUT2D eigenvalue weighted by Gasteiger charge is -2.43. The van der Waals surface area contributed by atoms with Gasteiger partial charge in [0.1, 0.15) is 17.7 Å². The average Bonchev–Trinajstić information content (AvgIpc) is 3.87. The van der Waals surface area contributed by atoms with E-state index in [0.717, 1.165) is 74.4 Å². The summed E-state index contributed by atoms with van der Waals surface area (Å²) in [4.78, 5) is 27.1. The van der Waals surface area contributed by atoms with Gasteiger partial charge in [-0.2, -0.15) is 5.26 Å². The van der Waals surface area contributed by atoms with Crippen LogP contribution in [0.1, 0.15) is 67.7 Å². The van der Waals surface area contributed by atoms with Crippen molar-refractivity contribution in [1.29, 1.82) is 5.26 Å². The second-order valence-corrected chi connectivity index (χ2v) is 10.8. The van der Waals surface area contributed by atoms with Gasteiger partial charge >= 0.3 is 0 Å². The van der Waals surface area contributed by atoms with E-state index in [4.69, 9.17) is 9.72 Å². The van der Waals surface area contributed by atoms with E-state index in [1.54, 1.807) is 12.3 Å². The monoisotopic (exact) mass is 498 g/mol. The molecule has 37 heavy (non-hydrogen) atoms. The van der Waals surface area contributed by atoms with E-state index in [2.05, 4.69) is 32.7 Å². The molecule has 192 valence electrons. The number of hydrogen-bond donors (Lipinski definition) is 1. The predicted octanol–water partition coefficient (Wildman–Crippen LogP) is 4.61. The second-order valence-electron chi connectivity index (χ2n) is 10.8. The Balaban J connectivity index is 1.25. The molecule has 2 aliphatic carbocycles. The number of carbonyl (C=O) groups is 1. The first-order valence-electron chi connectivity index (χ1n) is 13.6. The summed E-state index contributed by atoms with van der Waals surface area (Å²) in [6.45, 7) is 6.68. The number of hydrogen-bond acceptors (Lipinski definition) is 7. The minimum absolute atomic E-state index is 0.0695. The number of nitrogens with zero attached hydrogens (tertiary/aromatic N) is 5. The summed E-state index contributed by atoms with van der Waals surface area (Å²) < 4.78 is 5.74. The van der Waals surface area contributed by atoms with Crippen molar-refractivity contribution in [1.82, 2.24) is 14.9 Å². The van der Waals surface area contributed by atoms with Crippen molar-refractivity contribution in [2.75, 3.05) is 36.5 Å². The maximum atomic E-state index is 13.2. The Hall–Kier alpha value is -3.44. The van der Waals surface area contributed by atoms with Gasteiger partial charge in [0.15, 0.2) is 0 Å². The number of nitriles is 1. The van der Waals surface area contributed by atoms with Crippen LogP contribution in [-0.4, -0.2) is 59.2 Å². The van der Waals surface area contributed by atoms with Gasteiger partial charge in [-0.3, -0.25) is 4.79 Å². The van der Waals surface area contributed by atoms with Crippen molar-refractivity contribution in [3.05, 3.63) is 47.8 Å². The molecule has 4 aliphatic rings. The largest absolute Gasteiger partial charge is 0.378 e. The van der Waals surface area contributed by atoms with Gasteiger partial charge in [-0.05, 0) is 68.2 Å². The van der Waals surface area contributed by atoms with Crippen LogP contribution in [0.4, 0.5) is 17.3 Å². The molecule has 0 radical (unpaired) electrons. The van der Waals surface area contributed by atoms with Gasteiger partial charge < -0.3 is 19.9 Å². The Labute approximate surface area is 218 Å². The van der Waals surface area contributed by atoms with Crippen LogP contribution in [0, 0.1) is 17.2 Å². The van der Waals surface area contributed by atoms with Gasteiger partial charge in [-0.15, -0.1) is 0 Å². The summed E-state index contributed by atoms with van der Waals surface area (Å²) in [6.07, 6.45) is 10.6. The number of aromatic nitrogens is 2. The van der Waals surface area contributed by atoms with E-state index in [0.29, 0.717) is 42.7 Å². The zero-order chi connectivity index (χ0) is 25.4. The number of amides is 1. The Morgan fingerprint density at radius 2 is 2.11 bits per heavy atom. The smallest absolute Gasteiger partial charge is 0.225 e. The highest BCUT2D eigenvalue weighted by Crippen LogP contribution is 2.45. The molecule has 4 fully saturated rings. The molecule has 0 unspecified atom stereocenters. The first-order chi connectivity index (χ1) is 18.1. The van der Waals surface area contributed by atoms with Crippen molar-refractivity contribution in [2.45, 2.75) is 63.0 Å². The van der Waals surface area contributed by atoms with Gasteiger partial charge in [0.05, 0.1) is 35.5 Å². The van der Waals surface area contributed by atoms with E-state index in [1.807, 2.05) is 18.2 Å². The summed E-state index contributed by atoms with van der Waals surface area (Å²) in [5, 5.41) is 13.5. The van der Waals surface area contributed by atoms with E-state index < -0.39 is 0 Å². The van der Waals surface area contributed by atoms with Crippen molar-refractivity contribution in [3.63, 3.8) is 0 Å². The van der Waals surface area contributed by atoms with Crippen LogP contribution in [0.2, 0.25) is 0 Å². The summed E-state index contributed by atoms with van der Waals surface area (Å²) in [6, 6.07) is 8.34. The minimum atomic E-state index is 0.0695. The maximum absolute atomic E-state index is 13.2. The van der Waals surface area contributed by atoms with Crippen LogP contribution in [0.3, 0.4) is 0 Å². The van der Waals surface area contributed by atoms with Gasteiger partial charge in [-0.1, -0.05) is 12.7 Å². The van der Waals surface area contributed by atoms with Gasteiger partial charge in [0.25, 0.3) is 0 Å². The molecule has 2 aromatic heterocycles. The van der Waals surface area contributed by atoms with Crippen LogP contribution in [0.5, 0.6) is 0 Å². The summed E-state index contributed by atoms with van der Waals surface area (Å²) in [7, 11) is 0. The number of carbonyl (C=O) groups excluding carboxylic acids is 1. The van der Waals surface area contributed by atoms with Crippen molar-refractivity contribution < 1.29 is 9.53 Å². The first-order valence-corrected chi connectivity index (χ1v) is 13.6. The quantitative estimate of drug-likeness (QED) is 0.568. The fraction of sp³-hybridized carbons (Fsp3) is 0.517. The molecule has 8 heteroatoms. The number of nitrogens with one attached hydrogen (secondary N) is 1. The summed E-state index contributed by atoms with van der Waals surface area (Å²) >= 11 is 0. The Morgan fingerprint density at radius 3 is 2.81 bits per heavy atom. The van der Waals surface area contributed by atoms with Gasteiger partial charge in [0, 0.05) is 38.4 Å². The van der Waals surface area contributed by atoms with E-state index in [1.165, 1.54) is 0 Å². The molecule has 2 saturated heterocycles. The molecule has 2 saturated carbocycles. The molecule has 1 N–H and O–H groups in total. The lowest BCUT2D eigenvalue weighted by Crippen LogP contribution is -2.57. The molecular weight excluding hydrogens is 464 g/mol. The van der Waals surface area contributed by atoms with E-state index in [9.17, 15) is 10.1 Å². The van der Waals surface area contributed by atoms with Crippen LogP contribution >= 0.6 is 0 Å². The molecule has 1 amide bonds. The maximum Gasteiger partial charge on any atom is 0.225 e. The highest BCUT2D eigenvalue weighted by molar-refractivity contribution is 5.78. The lowest BCUT2D eigenvalue weighted by molar-refractivity contribution is -0.136. The van der Waals surface area contributed by atoms with Crippen molar-refractivity contribution >= 4 is 29.3 Å². The standard InChI is InChI=1S/C29H34N6O2/c1-2-19-9-10-31-26(14-19)32-24-15-22(17-30)29(33-28(24)21-7-8-21)34-11-12-35(25(18-34)20-5-6-20)27(36)16-23-4-3-13-37-23/h2,9-10,14-15,20-21,23,25H,1,3-8,11-13,16,18H2,(H,31,32)/t23-,25+/m1/s1. The Bertz CT molecular complexity index is 1230. The van der Waals surface area contributed by atoms with Crippen LogP contribution in [0.15, 0.2) is 31.0 Å². The molecule has 0 aromatic carbocycles. The molecule has 4 heterocycles. The normalized spacial score (nSPS) is 23.5. The molecule has 0 bridgehead atoms. The van der Waals surface area contributed by atoms with Crippen LogP contribution in [0.25, 0.3) is 6.08 Å². The minimum Gasteiger partial charge on any atom is -0.378 e. The number of ether oxygens (including phenoxy) is 1. The molecule has 2 aromatic rings. The predicted molar refractivity (Wildman–Crippen MR) is 143 cm³/mol. The van der Waals surface area contributed by atoms with E-state index in [-0.39, 0.29) is 18.1 Å². The fourth-order valence-corrected chi connectivity index (χ4v) is 5.70. The zero-order valence-electron chi connectivity index (χ0n) is 21.2. The van der Waals surface area contributed by atoms with Crippen LogP contribution < -0.4 is 10.2 Å². The zero-order valence-corrected chi connectivity index (χ0v) is 21.2.